The first kappa shape index (κ1) is 15.1. The number of benzene rings is 1. The van der Waals surface area contributed by atoms with Gasteiger partial charge in [0.1, 0.15) is 5.82 Å². The lowest BCUT2D eigenvalue weighted by molar-refractivity contribution is -0.119. The first-order chi connectivity index (χ1) is 8.86. The summed E-state index contributed by atoms with van der Waals surface area (Å²) >= 11 is 0. The van der Waals surface area contributed by atoms with Crippen molar-refractivity contribution >= 4 is 17.5 Å². The highest BCUT2D eigenvalue weighted by Gasteiger charge is 2.16. The molecular weight excluding hydrogens is 249 g/mol. The zero-order valence-corrected chi connectivity index (χ0v) is 11.2. The molecule has 0 bridgehead atoms. The monoisotopic (exact) mass is 267 g/mol. The van der Waals surface area contributed by atoms with Gasteiger partial charge in [0.15, 0.2) is 0 Å². The molecule has 0 aliphatic carbocycles. The highest BCUT2D eigenvalue weighted by Crippen LogP contribution is 2.21. The van der Waals surface area contributed by atoms with Gasteiger partial charge in [-0.15, -0.1) is 0 Å². The summed E-state index contributed by atoms with van der Waals surface area (Å²) in [6.45, 7) is 3.77. The van der Waals surface area contributed by atoms with E-state index >= 15 is 0 Å². The third-order valence-corrected chi connectivity index (χ3v) is 2.84. The Morgan fingerprint density at radius 2 is 2.05 bits per heavy atom. The molecule has 0 heterocycles. The Hall–Kier alpha value is -1.95. The van der Waals surface area contributed by atoms with Gasteiger partial charge in [0.25, 0.3) is 0 Å². The minimum atomic E-state index is -0.738. The van der Waals surface area contributed by atoms with E-state index in [1.54, 1.807) is 14.0 Å². The molecule has 0 spiro atoms. The number of anilines is 1. The smallest absolute Gasteiger partial charge is 0.248 e. The van der Waals surface area contributed by atoms with Gasteiger partial charge in [0, 0.05) is 29.3 Å². The lowest BCUT2D eigenvalue weighted by Crippen LogP contribution is -2.29. The van der Waals surface area contributed by atoms with Crippen molar-refractivity contribution in [3.05, 3.63) is 29.1 Å². The van der Waals surface area contributed by atoms with E-state index in [2.05, 4.69) is 10.6 Å². The predicted octanol–water partition coefficient (Wildman–Crippen LogP) is 1.03. The topological polar surface area (TPSA) is 84.2 Å². The second-order valence-corrected chi connectivity index (χ2v) is 4.44. The summed E-state index contributed by atoms with van der Waals surface area (Å²) in [5.74, 6) is -1.84. The van der Waals surface area contributed by atoms with Crippen molar-refractivity contribution in [3.8, 4) is 0 Å². The molecule has 0 fully saturated rings. The minimum absolute atomic E-state index is 0.0275. The van der Waals surface area contributed by atoms with Crippen molar-refractivity contribution in [3.63, 3.8) is 0 Å². The number of nitrogens with one attached hydrogen (secondary N) is 2. The van der Waals surface area contributed by atoms with Crippen LogP contribution in [-0.4, -0.2) is 25.4 Å². The van der Waals surface area contributed by atoms with E-state index < -0.39 is 11.7 Å². The van der Waals surface area contributed by atoms with Crippen molar-refractivity contribution in [2.75, 3.05) is 18.9 Å². The number of carbonyl (C=O) groups is 2. The van der Waals surface area contributed by atoms with Crippen LogP contribution < -0.4 is 16.4 Å². The van der Waals surface area contributed by atoms with Gasteiger partial charge in [-0.2, -0.15) is 0 Å². The van der Waals surface area contributed by atoms with Crippen LogP contribution in [0.25, 0.3) is 0 Å². The molecule has 1 unspecified atom stereocenters. The van der Waals surface area contributed by atoms with Gasteiger partial charge in [0.05, 0.1) is 0 Å². The largest absolute Gasteiger partial charge is 0.366 e. The second kappa shape index (κ2) is 6.29. The molecule has 5 nitrogen and oxygen atoms in total. The molecule has 0 radical (unpaired) electrons. The van der Waals surface area contributed by atoms with Crippen LogP contribution in [0.1, 0.15) is 22.8 Å². The fraction of sp³-hybridized carbons (Fsp3) is 0.385. The first-order valence-electron chi connectivity index (χ1n) is 5.92. The van der Waals surface area contributed by atoms with Crippen molar-refractivity contribution in [1.29, 1.82) is 0 Å². The van der Waals surface area contributed by atoms with Crippen LogP contribution >= 0.6 is 0 Å². The van der Waals surface area contributed by atoms with Crippen molar-refractivity contribution in [2.45, 2.75) is 13.8 Å². The average Bonchev–Trinajstić information content (AvgIpc) is 2.34. The van der Waals surface area contributed by atoms with Crippen LogP contribution in [-0.2, 0) is 4.79 Å². The lowest BCUT2D eigenvalue weighted by Gasteiger charge is -2.14. The molecule has 4 N–H and O–H groups in total. The number of hydrogen-bond donors (Lipinski definition) is 3. The Morgan fingerprint density at radius 1 is 1.42 bits per heavy atom. The number of amides is 2. The molecule has 1 atom stereocenters. The fourth-order valence-electron chi connectivity index (χ4n) is 1.61. The van der Waals surface area contributed by atoms with Crippen LogP contribution in [0.3, 0.4) is 0 Å². The lowest BCUT2D eigenvalue weighted by atomic mass is 10.1. The zero-order valence-electron chi connectivity index (χ0n) is 11.2. The molecule has 0 saturated heterocycles. The van der Waals surface area contributed by atoms with E-state index in [1.165, 1.54) is 13.0 Å². The van der Waals surface area contributed by atoms with E-state index in [-0.39, 0.29) is 28.6 Å². The number of nitrogens with two attached hydrogens (primary N) is 1. The van der Waals surface area contributed by atoms with Crippen molar-refractivity contribution in [1.82, 2.24) is 5.32 Å². The van der Waals surface area contributed by atoms with Gasteiger partial charge in [-0.1, -0.05) is 6.92 Å². The SMILES string of the molecule is CNCC(C)C(=O)Nc1cc(C(N)=O)cc(F)c1C. The quantitative estimate of drug-likeness (QED) is 0.745. The number of rotatable bonds is 5. The molecule has 0 aliphatic heterocycles. The van der Waals surface area contributed by atoms with Crippen LogP contribution in [0.15, 0.2) is 12.1 Å². The average molecular weight is 267 g/mol. The van der Waals surface area contributed by atoms with Gasteiger partial charge in [-0.25, -0.2) is 4.39 Å². The van der Waals surface area contributed by atoms with Crippen LogP contribution in [0.5, 0.6) is 0 Å². The maximum Gasteiger partial charge on any atom is 0.248 e. The Bertz CT molecular complexity index is 503. The summed E-state index contributed by atoms with van der Waals surface area (Å²) in [6, 6.07) is 2.44. The maximum absolute atomic E-state index is 13.6. The van der Waals surface area contributed by atoms with Crippen LogP contribution in [0, 0.1) is 18.7 Å². The molecule has 0 saturated carbocycles. The zero-order chi connectivity index (χ0) is 14.6. The summed E-state index contributed by atoms with van der Waals surface area (Å²) in [5.41, 5.74) is 5.68. The third-order valence-electron chi connectivity index (χ3n) is 2.84. The van der Waals surface area contributed by atoms with E-state index in [0.29, 0.717) is 6.54 Å². The molecule has 0 aromatic heterocycles. The van der Waals surface area contributed by atoms with Crippen molar-refractivity contribution < 1.29 is 14.0 Å². The van der Waals surface area contributed by atoms with Gasteiger partial charge >= 0.3 is 0 Å². The van der Waals surface area contributed by atoms with Gasteiger partial charge in [-0.3, -0.25) is 9.59 Å². The summed E-state index contributed by atoms with van der Waals surface area (Å²) in [7, 11) is 1.74. The van der Waals surface area contributed by atoms with Gasteiger partial charge in [0.2, 0.25) is 11.8 Å². The van der Waals surface area contributed by atoms with Crippen molar-refractivity contribution in [2.24, 2.45) is 11.7 Å². The first-order valence-corrected chi connectivity index (χ1v) is 5.92. The predicted molar refractivity (Wildman–Crippen MR) is 71.4 cm³/mol. The molecule has 1 aromatic carbocycles. The number of hydrogen-bond acceptors (Lipinski definition) is 3. The summed E-state index contributed by atoms with van der Waals surface area (Å²) in [5, 5.41) is 5.48. The number of primary amides is 1. The number of carbonyl (C=O) groups excluding carboxylic acids is 2. The minimum Gasteiger partial charge on any atom is -0.366 e. The molecular formula is C13H18FN3O2. The standard InChI is InChI=1S/C13H18FN3O2/c1-7(6-16-3)13(19)17-11-5-9(12(15)18)4-10(14)8(11)2/h4-5,7,16H,6H2,1-3H3,(H2,15,18)(H,17,19). The Kier molecular flexibility index (Phi) is 5.00. The van der Waals surface area contributed by atoms with E-state index in [0.717, 1.165) is 6.07 Å². The van der Waals surface area contributed by atoms with Gasteiger partial charge in [-0.05, 0) is 26.1 Å². The Morgan fingerprint density at radius 3 is 2.58 bits per heavy atom. The van der Waals surface area contributed by atoms with E-state index in [1.807, 2.05) is 0 Å². The normalized spacial score (nSPS) is 12.0. The molecule has 6 heteroatoms. The molecule has 0 aliphatic rings. The summed E-state index contributed by atoms with van der Waals surface area (Å²) in [6.07, 6.45) is 0. The van der Waals surface area contributed by atoms with Gasteiger partial charge < -0.3 is 16.4 Å². The molecule has 1 rings (SSSR count). The maximum atomic E-state index is 13.6. The molecule has 2 amide bonds. The van der Waals surface area contributed by atoms with Crippen LogP contribution in [0.2, 0.25) is 0 Å². The fourth-order valence-corrected chi connectivity index (χ4v) is 1.61. The summed E-state index contributed by atoms with van der Waals surface area (Å²) < 4.78 is 13.6. The molecule has 104 valence electrons. The van der Waals surface area contributed by atoms with E-state index in [4.69, 9.17) is 5.73 Å². The molecule has 1 aromatic rings. The highest BCUT2D eigenvalue weighted by molar-refractivity contribution is 5.97. The second-order valence-electron chi connectivity index (χ2n) is 4.44. The number of halogens is 1. The Labute approximate surface area is 111 Å². The highest BCUT2D eigenvalue weighted by atomic mass is 19.1. The third kappa shape index (κ3) is 3.75. The van der Waals surface area contributed by atoms with Crippen LogP contribution in [0.4, 0.5) is 10.1 Å². The van der Waals surface area contributed by atoms with E-state index in [9.17, 15) is 14.0 Å². The molecule has 19 heavy (non-hydrogen) atoms. The Balaban J connectivity index is 3.00. The summed E-state index contributed by atoms with van der Waals surface area (Å²) in [4.78, 5) is 22.9.